The van der Waals surface area contributed by atoms with Crippen molar-refractivity contribution in [3.8, 4) is 34.3 Å². The molecule has 0 fully saturated rings. The van der Waals surface area contributed by atoms with Crippen molar-refractivity contribution in [2.75, 3.05) is 14.2 Å². The predicted molar refractivity (Wildman–Crippen MR) is 100 cm³/mol. The number of nitrogens with zero attached hydrogens (tertiary/aromatic N) is 4. The van der Waals surface area contributed by atoms with Crippen LogP contribution < -0.4 is 9.47 Å². The topological polar surface area (TPSA) is 96.3 Å². The molecule has 2 heterocycles. The first-order valence-electron chi connectivity index (χ1n) is 8.60. The SMILES string of the molecule is COc1cc(OC)cc(-c2nnc(Cc3nc(-c4ccc(C)cc4)no3)o2)c1. The minimum atomic E-state index is 0.243. The van der Waals surface area contributed by atoms with E-state index >= 15 is 0 Å². The first kappa shape index (κ1) is 17.7. The van der Waals surface area contributed by atoms with Gasteiger partial charge in [0.2, 0.25) is 23.5 Å². The molecular formula is C20H18N4O4. The van der Waals surface area contributed by atoms with Gasteiger partial charge in [-0.2, -0.15) is 4.98 Å². The van der Waals surface area contributed by atoms with Gasteiger partial charge in [-0.25, -0.2) is 0 Å². The molecule has 0 N–H and O–H groups in total. The summed E-state index contributed by atoms with van der Waals surface area (Å²) in [5, 5.41) is 12.2. The van der Waals surface area contributed by atoms with Crippen LogP contribution in [0.15, 0.2) is 51.4 Å². The van der Waals surface area contributed by atoms with Crippen LogP contribution in [0.3, 0.4) is 0 Å². The van der Waals surface area contributed by atoms with Gasteiger partial charge in [-0.15, -0.1) is 10.2 Å². The molecule has 8 heteroatoms. The minimum absolute atomic E-state index is 0.243. The minimum Gasteiger partial charge on any atom is -0.497 e. The summed E-state index contributed by atoms with van der Waals surface area (Å²) in [5.74, 6) is 2.91. The zero-order valence-electron chi connectivity index (χ0n) is 15.7. The molecule has 142 valence electrons. The maximum Gasteiger partial charge on any atom is 0.248 e. The summed E-state index contributed by atoms with van der Waals surface area (Å²) in [7, 11) is 3.16. The van der Waals surface area contributed by atoms with E-state index in [4.69, 9.17) is 18.4 Å². The van der Waals surface area contributed by atoms with Crippen LogP contribution >= 0.6 is 0 Å². The normalized spacial score (nSPS) is 10.8. The van der Waals surface area contributed by atoms with Crippen LogP contribution in [-0.4, -0.2) is 34.6 Å². The first-order chi connectivity index (χ1) is 13.6. The van der Waals surface area contributed by atoms with Crippen LogP contribution in [0.2, 0.25) is 0 Å². The van der Waals surface area contributed by atoms with E-state index < -0.39 is 0 Å². The Morgan fingerprint density at radius 3 is 2.25 bits per heavy atom. The number of methoxy groups -OCH3 is 2. The Morgan fingerprint density at radius 2 is 1.57 bits per heavy atom. The highest BCUT2D eigenvalue weighted by atomic mass is 16.5. The number of hydrogen-bond donors (Lipinski definition) is 0. The molecule has 28 heavy (non-hydrogen) atoms. The van der Waals surface area contributed by atoms with Crippen molar-refractivity contribution in [2.24, 2.45) is 0 Å². The molecule has 0 aliphatic heterocycles. The van der Waals surface area contributed by atoms with Crippen LogP contribution in [0.1, 0.15) is 17.3 Å². The number of ether oxygens (including phenoxy) is 2. The van der Waals surface area contributed by atoms with Crippen molar-refractivity contribution >= 4 is 0 Å². The van der Waals surface area contributed by atoms with E-state index in [0.29, 0.717) is 40.6 Å². The predicted octanol–water partition coefficient (Wildman–Crippen LogP) is 3.70. The summed E-state index contributed by atoms with van der Waals surface area (Å²) in [6.07, 6.45) is 0.243. The molecule has 2 aromatic carbocycles. The van der Waals surface area contributed by atoms with Crippen molar-refractivity contribution in [3.63, 3.8) is 0 Å². The van der Waals surface area contributed by atoms with Gasteiger partial charge in [-0.1, -0.05) is 35.0 Å². The second-order valence-electron chi connectivity index (χ2n) is 6.16. The molecule has 0 unspecified atom stereocenters. The lowest BCUT2D eigenvalue weighted by atomic mass is 10.1. The van der Waals surface area contributed by atoms with Gasteiger partial charge in [0, 0.05) is 17.2 Å². The fraction of sp³-hybridized carbons (Fsp3) is 0.200. The summed E-state index contributed by atoms with van der Waals surface area (Å²) in [5.41, 5.74) is 2.75. The molecule has 0 aliphatic rings. The Kier molecular flexibility index (Phi) is 4.76. The number of rotatable bonds is 6. The summed E-state index contributed by atoms with van der Waals surface area (Å²) < 4.78 is 21.6. The Labute approximate surface area is 161 Å². The maximum absolute atomic E-state index is 5.74. The van der Waals surface area contributed by atoms with E-state index in [1.165, 1.54) is 5.56 Å². The van der Waals surface area contributed by atoms with Crippen LogP contribution in [0, 0.1) is 6.92 Å². The molecule has 0 aliphatic carbocycles. The van der Waals surface area contributed by atoms with Gasteiger partial charge in [0.25, 0.3) is 0 Å². The van der Waals surface area contributed by atoms with E-state index in [1.807, 2.05) is 31.2 Å². The van der Waals surface area contributed by atoms with E-state index in [0.717, 1.165) is 5.56 Å². The van der Waals surface area contributed by atoms with Crippen LogP contribution in [0.25, 0.3) is 22.8 Å². The van der Waals surface area contributed by atoms with Gasteiger partial charge in [0.15, 0.2) is 0 Å². The molecule has 4 rings (SSSR count). The smallest absolute Gasteiger partial charge is 0.248 e. The first-order valence-corrected chi connectivity index (χ1v) is 8.60. The fourth-order valence-corrected chi connectivity index (χ4v) is 2.65. The summed E-state index contributed by atoms with van der Waals surface area (Å²) in [6, 6.07) is 13.3. The number of benzene rings is 2. The second-order valence-corrected chi connectivity index (χ2v) is 6.16. The largest absolute Gasteiger partial charge is 0.497 e. The lowest BCUT2D eigenvalue weighted by Gasteiger charge is -2.05. The van der Waals surface area contributed by atoms with Gasteiger partial charge >= 0.3 is 0 Å². The third-order valence-electron chi connectivity index (χ3n) is 4.15. The van der Waals surface area contributed by atoms with E-state index in [1.54, 1.807) is 32.4 Å². The molecule has 0 radical (unpaired) electrons. The van der Waals surface area contributed by atoms with Crippen LogP contribution in [-0.2, 0) is 6.42 Å². The quantitative estimate of drug-likeness (QED) is 0.501. The van der Waals surface area contributed by atoms with Gasteiger partial charge < -0.3 is 18.4 Å². The molecule has 0 saturated heterocycles. The molecule has 0 atom stereocenters. The lowest BCUT2D eigenvalue weighted by molar-refractivity contribution is 0.373. The van der Waals surface area contributed by atoms with E-state index in [9.17, 15) is 0 Å². The average molecular weight is 378 g/mol. The highest BCUT2D eigenvalue weighted by Gasteiger charge is 2.15. The molecule has 8 nitrogen and oxygen atoms in total. The van der Waals surface area contributed by atoms with E-state index in [-0.39, 0.29) is 6.42 Å². The van der Waals surface area contributed by atoms with Crippen molar-refractivity contribution in [1.82, 2.24) is 20.3 Å². The third-order valence-corrected chi connectivity index (χ3v) is 4.15. The summed E-state index contributed by atoms with van der Waals surface area (Å²) in [4.78, 5) is 4.40. The fourth-order valence-electron chi connectivity index (χ4n) is 2.65. The van der Waals surface area contributed by atoms with Gasteiger partial charge in [0.1, 0.15) is 17.9 Å². The van der Waals surface area contributed by atoms with Gasteiger partial charge in [-0.3, -0.25) is 0 Å². The summed E-state index contributed by atoms with van der Waals surface area (Å²) >= 11 is 0. The van der Waals surface area contributed by atoms with Crippen LogP contribution in [0.5, 0.6) is 11.5 Å². The van der Waals surface area contributed by atoms with Crippen molar-refractivity contribution < 1.29 is 18.4 Å². The third kappa shape index (κ3) is 3.71. The molecule has 0 amide bonds. The highest BCUT2D eigenvalue weighted by molar-refractivity contribution is 5.59. The zero-order chi connectivity index (χ0) is 19.5. The van der Waals surface area contributed by atoms with E-state index in [2.05, 4.69) is 20.3 Å². The number of aromatic nitrogens is 4. The second kappa shape index (κ2) is 7.51. The lowest BCUT2D eigenvalue weighted by Crippen LogP contribution is -1.89. The van der Waals surface area contributed by atoms with Gasteiger partial charge in [-0.05, 0) is 19.1 Å². The molecule has 0 spiro atoms. The molecule has 2 aromatic heterocycles. The van der Waals surface area contributed by atoms with Crippen LogP contribution in [0.4, 0.5) is 0 Å². The maximum atomic E-state index is 5.74. The standard InChI is InChI=1S/C20H18N4O4/c1-12-4-6-13(7-5-12)19-21-17(28-24-19)11-18-22-23-20(27-18)14-8-15(25-2)10-16(9-14)26-3/h4-10H,11H2,1-3H3. The molecule has 0 bridgehead atoms. The molecule has 4 aromatic rings. The molecule has 0 saturated carbocycles. The monoisotopic (exact) mass is 378 g/mol. The zero-order valence-corrected chi connectivity index (χ0v) is 15.7. The Hall–Kier alpha value is -3.68. The Bertz CT molecular complexity index is 1060. The van der Waals surface area contributed by atoms with Gasteiger partial charge in [0.05, 0.1) is 14.2 Å². The average Bonchev–Trinajstić information content (AvgIpc) is 3.38. The Morgan fingerprint density at radius 1 is 0.857 bits per heavy atom. The number of aryl methyl sites for hydroxylation is 1. The highest BCUT2D eigenvalue weighted by Crippen LogP contribution is 2.29. The van der Waals surface area contributed by atoms with Crippen molar-refractivity contribution in [1.29, 1.82) is 0 Å². The van der Waals surface area contributed by atoms with Crippen molar-refractivity contribution in [3.05, 3.63) is 59.8 Å². The number of hydrogen-bond acceptors (Lipinski definition) is 8. The Balaban J connectivity index is 1.54. The summed E-state index contributed by atoms with van der Waals surface area (Å²) in [6.45, 7) is 2.02. The molecular weight excluding hydrogens is 360 g/mol. The van der Waals surface area contributed by atoms with Crippen molar-refractivity contribution in [2.45, 2.75) is 13.3 Å².